The number of aryl methyl sites for hydroxylation is 2. The van der Waals surface area contributed by atoms with Crippen LogP contribution in [0, 0.1) is 6.92 Å². The van der Waals surface area contributed by atoms with Crippen LogP contribution in [-0.4, -0.2) is 0 Å². The van der Waals surface area contributed by atoms with Gasteiger partial charge in [0.15, 0.2) is 0 Å². The summed E-state index contributed by atoms with van der Waals surface area (Å²) in [4.78, 5) is 0. The smallest absolute Gasteiger partial charge is 0.00604 e. The lowest BCUT2D eigenvalue weighted by Gasteiger charge is -2.18. The first-order valence-electron chi connectivity index (χ1n) is 8.38. The van der Waals surface area contributed by atoms with Gasteiger partial charge in [-0.2, -0.15) is 0 Å². The van der Waals surface area contributed by atoms with Crippen LogP contribution in [0.2, 0.25) is 0 Å². The molecule has 116 valence electrons. The van der Waals surface area contributed by atoms with E-state index in [0.717, 1.165) is 19.3 Å². The third kappa shape index (κ3) is 3.71. The van der Waals surface area contributed by atoms with Crippen molar-refractivity contribution in [2.45, 2.75) is 33.1 Å². The first-order valence-corrected chi connectivity index (χ1v) is 8.38. The molecule has 0 aromatic heterocycles. The molecule has 0 bridgehead atoms. The number of benzene rings is 2. The van der Waals surface area contributed by atoms with Gasteiger partial charge in [-0.1, -0.05) is 85.3 Å². The molecule has 1 aliphatic rings. The molecule has 0 N–H and O–H groups in total. The monoisotopic (exact) mass is 300 g/mol. The summed E-state index contributed by atoms with van der Waals surface area (Å²) < 4.78 is 0. The third-order valence-corrected chi connectivity index (χ3v) is 4.47. The highest BCUT2D eigenvalue weighted by atomic mass is 14.2. The Bertz CT molecular complexity index is 773. The van der Waals surface area contributed by atoms with Crippen LogP contribution in [0.3, 0.4) is 0 Å². The second kappa shape index (κ2) is 6.83. The molecule has 1 aliphatic carbocycles. The lowest BCUT2D eigenvalue weighted by Crippen LogP contribution is -2.00. The van der Waals surface area contributed by atoms with E-state index in [1.54, 1.807) is 0 Å². The Balaban J connectivity index is 1.94. The molecular formula is C23H24. The molecule has 2 aromatic carbocycles. The first kappa shape index (κ1) is 15.6. The van der Waals surface area contributed by atoms with Gasteiger partial charge in [-0.3, -0.25) is 0 Å². The lowest BCUT2D eigenvalue weighted by atomic mass is 9.87. The first-order chi connectivity index (χ1) is 11.2. The highest BCUT2D eigenvalue weighted by molar-refractivity contribution is 5.80. The zero-order chi connectivity index (χ0) is 16.2. The molecule has 0 unspecified atom stereocenters. The standard InChI is InChI=1S/C23H24/c1-4-19-11-10-18(3)23(16-19)22-13-17(2)12-21(15-22)14-20-8-6-5-7-9-20/h5-11,13,15-16H,2,4,12,14H2,1,3H3. The Morgan fingerprint density at radius 1 is 0.957 bits per heavy atom. The van der Waals surface area contributed by atoms with Gasteiger partial charge in [-0.25, -0.2) is 0 Å². The van der Waals surface area contributed by atoms with Gasteiger partial charge >= 0.3 is 0 Å². The average Bonchev–Trinajstić information content (AvgIpc) is 2.55. The molecule has 0 amide bonds. The molecule has 2 aromatic rings. The van der Waals surface area contributed by atoms with Gasteiger partial charge in [0.2, 0.25) is 0 Å². The van der Waals surface area contributed by atoms with Crippen LogP contribution in [0.5, 0.6) is 0 Å². The number of allylic oxidation sites excluding steroid dienone is 5. The fraction of sp³-hybridized carbons (Fsp3) is 0.217. The molecule has 0 heteroatoms. The van der Waals surface area contributed by atoms with Crippen molar-refractivity contribution in [3.63, 3.8) is 0 Å². The van der Waals surface area contributed by atoms with E-state index in [1.165, 1.54) is 39.0 Å². The SMILES string of the molecule is C=C1C=C(c2cc(CC)ccc2C)C=C(Cc2ccccc2)C1. The van der Waals surface area contributed by atoms with E-state index in [9.17, 15) is 0 Å². The second-order valence-corrected chi connectivity index (χ2v) is 6.40. The van der Waals surface area contributed by atoms with E-state index < -0.39 is 0 Å². The third-order valence-electron chi connectivity index (χ3n) is 4.47. The Morgan fingerprint density at radius 2 is 1.74 bits per heavy atom. The molecule has 0 spiro atoms. The van der Waals surface area contributed by atoms with Crippen molar-refractivity contribution in [2.75, 3.05) is 0 Å². The Labute approximate surface area is 139 Å². The molecule has 0 saturated carbocycles. The van der Waals surface area contributed by atoms with Crippen molar-refractivity contribution in [2.24, 2.45) is 0 Å². The van der Waals surface area contributed by atoms with E-state index in [2.05, 4.69) is 81.1 Å². The summed E-state index contributed by atoms with van der Waals surface area (Å²) in [6.07, 6.45) is 7.66. The molecular weight excluding hydrogens is 276 g/mol. The minimum absolute atomic E-state index is 0.977. The molecule has 0 radical (unpaired) electrons. The van der Waals surface area contributed by atoms with E-state index in [-0.39, 0.29) is 0 Å². The number of hydrogen-bond acceptors (Lipinski definition) is 0. The normalized spacial score (nSPS) is 14.4. The Hall–Kier alpha value is -2.34. The van der Waals surface area contributed by atoms with Gasteiger partial charge in [0, 0.05) is 0 Å². The van der Waals surface area contributed by atoms with Crippen LogP contribution < -0.4 is 0 Å². The fourth-order valence-corrected chi connectivity index (χ4v) is 3.20. The summed E-state index contributed by atoms with van der Waals surface area (Å²) in [6, 6.07) is 17.5. The Morgan fingerprint density at radius 3 is 2.48 bits per heavy atom. The van der Waals surface area contributed by atoms with Crippen molar-refractivity contribution in [3.8, 4) is 0 Å². The maximum absolute atomic E-state index is 4.24. The van der Waals surface area contributed by atoms with Crippen molar-refractivity contribution in [1.29, 1.82) is 0 Å². The van der Waals surface area contributed by atoms with Gasteiger partial charge in [-0.15, -0.1) is 0 Å². The van der Waals surface area contributed by atoms with Crippen LogP contribution in [0.4, 0.5) is 0 Å². The minimum Gasteiger partial charge on any atom is -0.0955 e. The summed E-state index contributed by atoms with van der Waals surface area (Å²) in [5.41, 5.74) is 9.39. The van der Waals surface area contributed by atoms with Crippen LogP contribution >= 0.6 is 0 Å². The highest BCUT2D eigenvalue weighted by Crippen LogP contribution is 2.31. The lowest BCUT2D eigenvalue weighted by molar-refractivity contribution is 1.03. The predicted octanol–water partition coefficient (Wildman–Crippen LogP) is 6.07. The molecule has 0 atom stereocenters. The highest BCUT2D eigenvalue weighted by Gasteiger charge is 2.12. The summed E-state index contributed by atoms with van der Waals surface area (Å²) >= 11 is 0. The molecule has 0 fully saturated rings. The van der Waals surface area contributed by atoms with Crippen molar-refractivity contribution < 1.29 is 0 Å². The Kier molecular flexibility index (Phi) is 4.62. The summed E-state index contributed by atoms with van der Waals surface area (Å²) in [5.74, 6) is 0. The van der Waals surface area contributed by atoms with Gasteiger partial charge in [0.1, 0.15) is 0 Å². The maximum atomic E-state index is 4.24. The number of rotatable bonds is 4. The summed E-state index contributed by atoms with van der Waals surface area (Å²) in [5, 5.41) is 0. The summed E-state index contributed by atoms with van der Waals surface area (Å²) in [6.45, 7) is 8.64. The largest absolute Gasteiger partial charge is 0.0955 e. The van der Waals surface area contributed by atoms with E-state index in [4.69, 9.17) is 0 Å². The minimum atomic E-state index is 0.977. The van der Waals surface area contributed by atoms with Crippen molar-refractivity contribution in [3.05, 3.63) is 101 Å². The van der Waals surface area contributed by atoms with Crippen LogP contribution in [0.15, 0.2) is 78.4 Å². The van der Waals surface area contributed by atoms with Crippen molar-refractivity contribution in [1.82, 2.24) is 0 Å². The number of hydrogen-bond donors (Lipinski definition) is 0. The average molecular weight is 300 g/mol. The maximum Gasteiger partial charge on any atom is -0.00604 e. The molecule has 23 heavy (non-hydrogen) atoms. The quantitative estimate of drug-likeness (QED) is 0.643. The molecule has 3 rings (SSSR count). The van der Waals surface area contributed by atoms with Gasteiger partial charge in [-0.05, 0) is 54.0 Å². The second-order valence-electron chi connectivity index (χ2n) is 6.40. The van der Waals surface area contributed by atoms with E-state index in [1.807, 2.05) is 0 Å². The summed E-state index contributed by atoms with van der Waals surface area (Å²) in [7, 11) is 0. The predicted molar refractivity (Wildman–Crippen MR) is 101 cm³/mol. The van der Waals surface area contributed by atoms with E-state index >= 15 is 0 Å². The molecule has 0 saturated heterocycles. The zero-order valence-electron chi connectivity index (χ0n) is 14.1. The topological polar surface area (TPSA) is 0 Å². The van der Waals surface area contributed by atoms with Crippen LogP contribution in [0.1, 0.15) is 35.6 Å². The van der Waals surface area contributed by atoms with Gasteiger partial charge in [0.05, 0.1) is 0 Å². The van der Waals surface area contributed by atoms with Crippen LogP contribution in [0.25, 0.3) is 5.57 Å². The van der Waals surface area contributed by atoms with E-state index in [0.29, 0.717) is 0 Å². The fourth-order valence-electron chi connectivity index (χ4n) is 3.20. The molecule has 0 heterocycles. The molecule has 0 aliphatic heterocycles. The van der Waals surface area contributed by atoms with Gasteiger partial charge < -0.3 is 0 Å². The van der Waals surface area contributed by atoms with Gasteiger partial charge in [0.25, 0.3) is 0 Å². The van der Waals surface area contributed by atoms with Crippen molar-refractivity contribution >= 4 is 5.57 Å². The van der Waals surface area contributed by atoms with Crippen LogP contribution in [-0.2, 0) is 12.8 Å². The zero-order valence-corrected chi connectivity index (χ0v) is 14.1. The molecule has 0 nitrogen and oxygen atoms in total.